The van der Waals surface area contributed by atoms with Gasteiger partial charge in [0, 0.05) is 11.9 Å². The van der Waals surface area contributed by atoms with Crippen LogP contribution in [0.5, 0.6) is 0 Å². The van der Waals surface area contributed by atoms with E-state index in [9.17, 15) is 67.7 Å². The van der Waals surface area contributed by atoms with Crippen molar-refractivity contribution in [3.63, 3.8) is 0 Å². The topological polar surface area (TPSA) is 472 Å². The first-order valence-electron chi connectivity index (χ1n) is 17.4. The molecule has 0 aliphatic rings. The number of esters is 2. The average Bonchev–Trinajstić information content (AvgIpc) is 3.04. The molecule has 358 valence electrons. The second-order valence-corrected chi connectivity index (χ2v) is 14.3. The van der Waals surface area contributed by atoms with Crippen LogP contribution in [-0.2, 0) is 67.0 Å². The van der Waals surface area contributed by atoms with Gasteiger partial charge in [-0.2, -0.15) is 0 Å². The summed E-state index contributed by atoms with van der Waals surface area (Å²) in [5.41, 5.74) is -5.54. The number of carboxylic acid groups (broad SMARTS) is 10. The standard InChI is InChI=1S/2C10H12O10.2C5H14NO.C4H6O4/c2*11-5(12)1-2-8(17)20-10(9(18)19,3-6(13)14)4-7(15)16;2*1-6(2,3)4-5-7;5-3(6)1-2-4(7)8/h2*1-4H2,(H,11,12)(H,13,14)(H,15,16)(H,18,19);2*7H,4-5H2,1-3H3;1-2H2,(H,5,6)(H,7,8)/q;;2*+1;/p-2. The van der Waals surface area contributed by atoms with Gasteiger partial charge in [-0.3, -0.25) is 38.4 Å². The molecule has 28 nitrogen and oxygen atoms in total. The molecule has 0 radical (unpaired) electrons. The fourth-order valence-electron chi connectivity index (χ4n) is 3.40. The fourth-order valence-corrected chi connectivity index (χ4v) is 3.40. The Morgan fingerprint density at radius 2 is 0.629 bits per heavy atom. The predicted octanol–water partition coefficient (Wildman–Crippen LogP) is -5.03. The maximum atomic E-state index is 11.3. The molecule has 0 bridgehead atoms. The van der Waals surface area contributed by atoms with Crippen molar-refractivity contribution in [1.29, 1.82) is 0 Å². The van der Waals surface area contributed by atoms with E-state index in [0.717, 1.165) is 22.1 Å². The summed E-state index contributed by atoms with van der Waals surface area (Å²) in [6, 6.07) is 0. The van der Waals surface area contributed by atoms with Crippen molar-refractivity contribution in [2.45, 2.75) is 75.4 Å². The lowest BCUT2D eigenvalue weighted by Gasteiger charge is -2.26. The summed E-state index contributed by atoms with van der Waals surface area (Å²) >= 11 is 0. The Bertz CT molecular complexity index is 1380. The van der Waals surface area contributed by atoms with Gasteiger partial charge in [0.25, 0.3) is 0 Å². The molecule has 0 saturated heterocycles. The molecule has 0 saturated carbocycles. The summed E-state index contributed by atoms with van der Waals surface area (Å²) in [4.78, 5) is 127. The lowest BCUT2D eigenvalue weighted by atomic mass is 9.95. The number of aliphatic hydroxyl groups is 2. The minimum absolute atomic E-state index is 0.281. The van der Waals surface area contributed by atoms with Crippen molar-refractivity contribution in [1.82, 2.24) is 0 Å². The van der Waals surface area contributed by atoms with Gasteiger partial charge in [-0.05, 0) is 12.8 Å². The summed E-state index contributed by atoms with van der Waals surface area (Å²) in [6.45, 7) is 2.23. The molecule has 0 unspecified atom stereocenters. The highest BCUT2D eigenvalue weighted by Gasteiger charge is 2.48. The first-order valence-corrected chi connectivity index (χ1v) is 17.4. The van der Waals surface area contributed by atoms with E-state index < -0.39 is 147 Å². The molecule has 0 fully saturated rings. The largest absolute Gasteiger partial charge is 0.550 e. The Balaban J connectivity index is -0.000000238. The Labute approximate surface area is 352 Å². The molecule has 10 N–H and O–H groups in total. The van der Waals surface area contributed by atoms with Gasteiger partial charge in [0.1, 0.15) is 13.1 Å². The second-order valence-electron chi connectivity index (χ2n) is 14.3. The van der Waals surface area contributed by atoms with E-state index in [-0.39, 0.29) is 13.2 Å². The van der Waals surface area contributed by atoms with Crippen LogP contribution in [0.25, 0.3) is 0 Å². The SMILES string of the molecule is C[N+](C)(C)CCO.C[N+](C)(C)CCO.O=C(O)CCC(=O)OC(CC(=O)O)(CC(=O)O)C(=O)O.O=C(O)CCC(=O)OC(CC(=O)O)(CC(=O)O)C(=O)O.O=C([O-])CCC(=O)[O-]. The molecule has 0 amide bonds. The molecule has 0 spiro atoms. The van der Waals surface area contributed by atoms with Crippen molar-refractivity contribution in [2.24, 2.45) is 0 Å². The Morgan fingerprint density at radius 1 is 0.403 bits per heavy atom. The molecule has 0 heterocycles. The Hall–Kier alpha value is -6.52. The molecule has 0 atom stereocenters. The van der Waals surface area contributed by atoms with Crippen LogP contribution in [0, 0.1) is 0 Å². The summed E-state index contributed by atoms with van der Waals surface area (Å²) in [6.07, 6.45) is -8.69. The number of rotatable bonds is 25. The van der Waals surface area contributed by atoms with Crippen molar-refractivity contribution < 1.29 is 137 Å². The van der Waals surface area contributed by atoms with E-state index >= 15 is 0 Å². The third kappa shape index (κ3) is 43.1. The highest BCUT2D eigenvalue weighted by atomic mass is 16.6. The van der Waals surface area contributed by atoms with Crippen molar-refractivity contribution in [3.8, 4) is 0 Å². The second kappa shape index (κ2) is 32.3. The van der Waals surface area contributed by atoms with Gasteiger partial charge >= 0.3 is 59.7 Å². The highest BCUT2D eigenvalue weighted by molar-refractivity contribution is 5.92. The van der Waals surface area contributed by atoms with E-state index in [0.29, 0.717) is 0 Å². The number of aliphatic hydroxyl groups excluding tert-OH is 2. The quantitative estimate of drug-likeness (QED) is 0.0303. The van der Waals surface area contributed by atoms with Crippen molar-refractivity contribution in [3.05, 3.63) is 0 Å². The van der Waals surface area contributed by atoms with Crippen molar-refractivity contribution in [2.75, 3.05) is 68.6 Å². The van der Waals surface area contributed by atoms with E-state index in [2.05, 4.69) is 51.8 Å². The molecule has 0 aliphatic heterocycles. The molecule has 0 aromatic rings. The number of aliphatic carboxylic acids is 10. The fraction of sp³-hybridized carbons (Fsp3) is 0.647. The van der Waals surface area contributed by atoms with Gasteiger partial charge in [-0.1, -0.05) is 0 Å². The lowest BCUT2D eigenvalue weighted by molar-refractivity contribution is -0.870. The number of ether oxygens (including phenoxy) is 2. The molecule has 0 aromatic heterocycles. The molecule has 28 heteroatoms. The van der Waals surface area contributed by atoms with E-state index in [4.69, 9.17) is 51.1 Å². The van der Waals surface area contributed by atoms with Crippen LogP contribution < -0.4 is 10.2 Å². The summed E-state index contributed by atoms with van der Waals surface area (Å²) < 4.78 is 10.5. The van der Waals surface area contributed by atoms with Crippen molar-refractivity contribution >= 4 is 71.6 Å². The molecule has 62 heavy (non-hydrogen) atoms. The number of carbonyl (C=O) groups is 12. The third-order valence-corrected chi connectivity index (χ3v) is 6.31. The first kappa shape index (κ1) is 64.6. The van der Waals surface area contributed by atoms with Gasteiger partial charge in [-0.25, -0.2) is 9.59 Å². The van der Waals surface area contributed by atoms with Crippen LogP contribution in [0.4, 0.5) is 0 Å². The predicted molar refractivity (Wildman–Crippen MR) is 195 cm³/mol. The minimum Gasteiger partial charge on any atom is -0.550 e. The Kier molecular flexibility index (Phi) is 33.6. The Morgan fingerprint density at radius 3 is 0.742 bits per heavy atom. The molecular formula is C34H56N2O26. The molecule has 0 aliphatic carbocycles. The van der Waals surface area contributed by atoms with E-state index in [1.807, 2.05) is 0 Å². The van der Waals surface area contributed by atoms with E-state index in [1.165, 1.54) is 0 Å². The van der Waals surface area contributed by atoms with E-state index in [1.54, 1.807) is 0 Å². The number of hydrogen-bond acceptors (Lipinski definition) is 18. The summed E-state index contributed by atoms with van der Waals surface area (Å²) in [5, 5.41) is 105. The number of nitrogens with zero attached hydrogens (tertiary/aromatic N) is 2. The summed E-state index contributed by atoms with van der Waals surface area (Å²) in [7, 11) is 12.3. The zero-order valence-electron chi connectivity index (χ0n) is 34.8. The zero-order valence-corrected chi connectivity index (χ0v) is 34.8. The number of carbonyl (C=O) groups excluding carboxylic acids is 4. The average molecular weight is 909 g/mol. The van der Waals surface area contributed by atoms with Crippen LogP contribution in [0.1, 0.15) is 64.2 Å². The van der Waals surface area contributed by atoms with Gasteiger partial charge in [-0.15, -0.1) is 0 Å². The number of carboxylic acids is 10. The normalized spacial score (nSPS) is 10.6. The summed E-state index contributed by atoms with van der Waals surface area (Å²) in [5.74, 6) is -18.6. The highest BCUT2D eigenvalue weighted by Crippen LogP contribution is 2.24. The van der Waals surface area contributed by atoms with Crippen LogP contribution in [-0.4, -0.2) is 211 Å². The van der Waals surface area contributed by atoms with Crippen LogP contribution in [0.3, 0.4) is 0 Å². The number of likely N-dealkylation sites (N-methyl/N-ethyl adjacent to an activating group) is 2. The maximum Gasteiger partial charge on any atom is 0.349 e. The van der Waals surface area contributed by atoms with Crippen LogP contribution >= 0.6 is 0 Å². The number of hydrogen-bond donors (Lipinski definition) is 10. The van der Waals surface area contributed by atoms with Gasteiger partial charge in [0.15, 0.2) is 0 Å². The van der Waals surface area contributed by atoms with Crippen LogP contribution in [0.15, 0.2) is 0 Å². The molecular weight excluding hydrogens is 852 g/mol. The number of quaternary nitrogens is 2. The third-order valence-electron chi connectivity index (χ3n) is 6.31. The van der Waals surface area contributed by atoms with Gasteiger partial charge < -0.3 is 89.3 Å². The van der Waals surface area contributed by atoms with Crippen LogP contribution in [0.2, 0.25) is 0 Å². The monoisotopic (exact) mass is 908 g/mol. The van der Waals surface area contributed by atoms with Gasteiger partial charge in [0.05, 0.1) is 107 Å². The maximum absolute atomic E-state index is 11.3. The first-order chi connectivity index (χ1) is 27.9. The van der Waals surface area contributed by atoms with Gasteiger partial charge in [0.2, 0.25) is 11.2 Å². The lowest BCUT2D eigenvalue weighted by Crippen LogP contribution is -2.47. The minimum atomic E-state index is -2.77. The molecule has 0 rings (SSSR count). The smallest absolute Gasteiger partial charge is 0.349 e. The molecule has 0 aromatic carbocycles. The zero-order chi connectivity index (χ0) is 50.2.